The number of thioether (sulfide) groups is 1. The highest BCUT2D eigenvalue weighted by atomic mass is 32.2. The maximum atomic E-state index is 12.0. The minimum Gasteiger partial charge on any atom is -0.396 e. The van der Waals surface area contributed by atoms with Gasteiger partial charge in [0.05, 0.1) is 21.3 Å². The molecule has 112 valence electrons. The number of aliphatic hydroxyl groups is 1. The first-order chi connectivity index (χ1) is 9.27. The summed E-state index contributed by atoms with van der Waals surface area (Å²) in [6, 6.07) is 3.43. The van der Waals surface area contributed by atoms with Gasteiger partial charge in [-0.05, 0) is 26.0 Å². The van der Waals surface area contributed by atoms with Crippen LogP contribution in [0.3, 0.4) is 0 Å². The lowest BCUT2D eigenvalue weighted by molar-refractivity contribution is -0.388. The van der Waals surface area contributed by atoms with Gasteiger partial charge in [-0.25, -0.2) is 13.1 Å². The molecule has 9 heteroatoms. The van der Waals surface area contributed by atoms with Gasteiger partial charge in [0.2, 0.25) is 10.0 Å². The molecule has 0 amide bonds. The van der Waals surface area contributed by atoms with Crippen molar-refractivity contribution in [2.75, 3.05) is 12.4 Å². The minimum absolute atomic E-state index is 0.114. The van der Waals surface area contributed by atoms with Crippen molar-refractivity contribution in [3.63, 3.8) is 0 Å². The zero-order valence-corrected chi connectivity index (χ0v) is 12.7. The summed E-state index contributed by atoms with van der Waals surface area (Å²) in [5.74, 6) is 0.303. The molecule has 0 aromatic heterocycles. The monoisotopic (exact) mass is 320 g/mol. The van der Waals surface area contributed by atoms with Gasteiger partial charge in [0, 0.05) is 17.9 Å². The Morgan fingerprint density at radius 2 is 2.10 bits per heavy atom. The Kier molecular flexibility index (Phi) is 5.93. The van der Waals surface area contributed by atoms with Crippen molar-refractivity contribution < 1.29 is 18.4 Å². The lowest BCUT2D eigenvalue weighted by Gasteiger charge is -2.10. The van der Waals surface area contributed by atoms with Gasteiger partial charge < -0.3 is 5.11 Å². The molecule has 2 N–H and O–H groups in total. The molecule has 0 heterocycles. The number of benzene rings is 1. The van der Waals surface area contributed by atoms with Crippen LogP contribution in [0.25, 0.3) is 0 Å². The van der Waals surface area contributed by atoms with E-state index in [1.165, 1.54) is 12.1 Å². The molecule has 0 radical (unpaired) electrons. The number of nitrogens with one attached hydrogen (secondary N) is 1. The predicted octanol–water partition coefficient (Wildman–Crippen LogP) is 1.37. The Labute approximate surface area is 121 Å². The van der Waals surface area contributed by atoms with Crippen molar-refractivity contribution >= 4 is 27.5 Å². The smallest absolute Gasteiger partial charge is 0.284 e. The highest BCUT2D eigenvalue weighted by Gasteiger charge is 2.22. The quantitative estimate of drug-likeness (QED) is 0.446. The Bertz CT molecular complexity index is 586. The summed E-state index contributed by atoms with van der Waals surface area (Å²) in [6.45, 7) is 3.21. The highest BCUT2D eigenvalue weighted by Crippen LogP contribution is 2.31. The van der Waals surface area contributed by atoms with E-state index in [-0.39, 0.29) is 23.2 Å². The van der Waals surface area contributed by atoms with Crippen LogP contribution in [0.5, 0.6) is 0 Å². The lowest BCUT2D eigenvalue weighted by Crippen LogP contribution is -2.30. The third-order valence-electron chi connectivity index (χ3n) is 2.18. The van der Waals surface area contributed by atoms with E-state index in [4.69, 9.17) is 5.11 Å². The summed E-state index contributed by atoms with van der Waals surface area (Å²) >= 11 is 1.10. The fourth-order valence-corrected chi connectivity index (χ4v) is 3.49. The first-order valence-corrected chi connectivity index (χ1v) is 8.29. The van der Waals surface area contributed by atoms with Crippen molar-refractivity contribution in [3.05, 3.63) is 28.3 Å². The molecule has 1 aromatic carbocycles. The predicted molar refractivity (Wildman–Crippen MR) is 76.4 cm³/mol. The van der Waals surface area contributed by atoms with Crippen molar-refractivity contribution in [1.29, 1.82) is 0 Å². The van der Waals surface area contributed by atoms with Crippen LogP contribution in [0.2, 0.25) is 0 Å². The van der Waals surface area contributed by atoms with E-state index in [0.29, 0.717) is 10.6 Å². The maximum absolute atomic E-state index is 12.0. The molecule has 0 aliphatic rings. The van der Waals surface area contributed by atoms with Crippen LogP contribution in [0, 0.1) is 10.1 Å². The Hall–Kier alpha value is -1.16. The second-order valence-electron chi connectivity index (χ2n) is 4.23. The number of nitrogens with zero attached hydrogens (tertiary/aromatic N) is 1. The van der Waals surface area contributed by atoms with Crippen LogP contribution >= 0.6 is 11.8 Å². The first kappa shape index (κ1) is 16.9. The van der Waals surface area contributed by atoms with Gasteiger partial charge in [0.15, 0.2) is 0 Å². The fraction of sp³-hybridized carbons (Fsp3) is 0.455. The van der Waals surface area contributed by atoms with E-state index < -0.39 is 14.9 Å². The summed E-state index contributed by atoms with van der Waals surface area (Å²) in [5.41, 5.74) is -0.282. The van der Waals surface area contributed by atoms with Crippen molar-refractivity contribution in [1.82, 2.24) is 4.72 Å². The normalized spacial score (nSPS) is 11.8. The maximum Gasteiger partial charge on any atom is 0.284 e. The molecule has 0 saturated carbocycles. The molecule has 0 aliphatic carbocycles. The lowest BCUT2D eigenvalue weighted by atomic mass is 10.3. The number of nitro groups is 1. The second-order valence-corrected chi connectivity index (χ2v) is 7.09. The molecule has 0 atom stereocenters. The van der Waals surface area contributed by atoms with E-state index in [1.807, 2.05) is 0 Å². The van der Waals surface area contributed by atoms with Gasteiger partial charge in [-0.15, -0.1) is 11.8 Å². The molecular formula is C11H16N2O5S2. The van der Waals surface area contributed by atoms with Gasteiger partial charge in [-0.3, -0.25) is 10.1 Å². The van der Waals surface area contributed by atoms with E-state index in [1.54, 1.807) is 13.8 Å². The zero-order valence-electron chi connectivity index (χ0n) is 11.1. The van der Waals surface area contributed by atoms with Crippen LogP contribution in [0.15, 0.2) is 28.0 Å². The Balaban J connectivity index is 3.19. The SMILES string of the molecule is CC(C)NS(=O)(=O)c1ccc(SCCO)c([N+](=O)[O-])c1. The number of aliphatic hydroxyl groups excluding tert-OH is 1. The summed E-state index contributed by atoms with van der Waals surface area (Å²) in [6.07, 6.45) is 0. The Morgan fingerprint density at radius 1 is 1.45 bits per heavy atom. The number of nitro benzene ring substituents is 1. The minimum atomic E-state index is -3.77. The molecule has 20 heavy (non-hydrogen) atoms. The molecule has 0 bridgehead atoms. The van der Waals surface area contributed by atoms with Gasteiger partial charge in [0.1, 0.15) is 0 Å². The topological polar surface area (TPSA) is 110 Å². The van der Waals surface area contributed by atoms with Crippen molar-refractivity contribution in [2.45, 2.75) is 29.7 Å². The largest absolute Gasteiger partial charge is 0.396 e. The van der Waals surface area contributed by atoms with Gasteiger partial charge in [-0.2, -0.15) is 0 Å². The summed E-state index contributed by atoms with van der Waals surface area (Å²) in [7, 11) is -3.77. The van der Waals surface area contributed by atoms with Crippen LogP contribution in [-0.4, -0.2) is 36.8 Å². The van der Waals surface area contributed by atoms with Crippen LogP contribution in [0.1, 0.15) is 13.8 Å². The van der Waals surface area contributed by atoms with E-state index in [0.717, 1.165) is 17.8 Å². The average molecular weight is 320 g/mol. The van der Waals surface area contributed by atoms with Crippen LogP contribution in [0.4, 0.5) is 5.69 Å². The van der Waals surface area contributed by atoms with Gasteiger partial charge in [0.25, 0.3) is 5.69 Å². The molecular weight excluding hydrogens is 304 g/mol. The Morgan fingerprint density at radius 3 is 2.60 bits per heavy atom. The van der Waals surface area contributed by atoms with Crippen LogP contribution < -0.4 is 4.72 Å². The first-order valence-electron chi connectivity index (χ1n) is 5.82. The third-order valence-corrected chi connectivity index (χ3v) is 4.88. The molecule has 0 unspecified atom stereocenters. The molecule has 1 rings (SSSR count). The second kappa shape index (κ2) is 7.02. The van der Waals surface area contributed by atoms with E-state index in [9.17, 15) is 18.5 Å². The van der Waals surface area contributed by atoms with Gasteiger partial charge in [-0.1, -0.05) is 0 Å². The molecule has 1 aromatic rings. The zero-order chi connectivity index (χ0) is 15.3. The summed E-state index contributed by atoms with van der Waals surface area (Å²) in [4.78, 5) is 10.5. The molecule has 7 nitrogen and oxygen atoms in total. The highest BCUT2D eigenvalue weighted by molar-refractivity contribution is 7.99. The average Bonchev–Trinajstić information content (AvgIpc) is 2.34. The summed E-state index contributed by atoms with van der Waals surface area (Å²) < 4.78 is 26.3. The van der Waals surface area contributed by atoms with Crippen LogP contribution in [-0.2, 0) is 10.0 Å². The number of rotatable bonds is 7. The standard InChI is InChI=1S/C11H16N2O5S2/c1-8(2)12-20(17,18)9-3-4-11(19-6-5-14)10(7-9)13(15)16/h3-4,7-8,12,14H,5-6H2,1-2H3. The van der Waals surface area contributed by atoms with E-state index >= 15 is 0 Å². The number of hydrogen-bond acceptors (Lipinski definition) is 6. The molecule has 0 fully saturated rings. The van der Waals surface area contributed by atoms with Gasteiger partial charge >= 0.3 is 0 Å². The fourth-order valence-electron chi connectivity index (χ4n) is 1.46. The molecule has 0 spiro atoms. The molecule has 0 aliphatic heterocycles. The van der Waals surface area contributed by atoms with Crippen molar-refractivity contribution in [2.24, 2.45) is 0 Å². The van der Waals surface area contributed by atoms with E-state index in [2.05, 4.69) is 4.72 Å². The summed E-state index contributed by atoms with van der Waals surface area (Å²) in [5, 5.41) is 19.7. The van der Waals surface area contributed by atoms with Crippen molar-refractivity contribution in [3.8, 4) is 0 Å². The number of sulfonamides is 1. The molecule has 0 saturated heterocycles. The third kappa shape index (κ3) is 4.44. The number of hydrogen-bond donors (Lipinski definition) is 2.